The zero-order chi connectivity index (χ0) is 19.8. The van der Waals surface area contributed by atoms with Crippen molar-refractivity contribution in [2.24, 2.45) is 5.92 Å². The third kappa shape index (κ3) is 6.70. The zero-order valence-corrected chi connectivity index (χ0v) is 17.1. The second-order valence-corrected chi connectivity index (χ2v) is 7.67. The summed E-state index contributed by atoms with van der Waals surface area (Å²) >= 11 is 5.98. The van der Waals surface area contributed by atoms with Gasteiger partial charge in [0.2, 0.25) is 11.8 Å². The number of hydrogen-bond donors (Lipinski definition) is 2. The standard InChI is InChI=1S/C20H30ClN3O3/c1-14(20(26)22-12-15-7-5-4-6-8-15)24(2)13-19(25)23-17-11-16(21)9-10-18(17)27-3/h9-11,14-15H,4-8,12-13H2,1-3H3,(H,22,26)(H,23,25)/t14-/m0/s1. The number of carbonyl (C=O) groups is 2. The Balaban J connectivity index is 1.82. The largest absolute Gasteiger partial charge is 0.495 e. The fraction of sp³-hybridized carbons (Fsp3) is 0.600. The van der Waals surface area contributed by atoms with Gasteiger partial charge in [0.05, 0.1) is 25.4 Å². The summed E-state index contributed by atoms with van der Waals surface area (Å²) in [5, 5.41) is 6.33. The number of halogens is 1. The first-order valence-electron chi connectivity index (χ1n) is 9.52. The van der Waals surface area contributed by atoms with E-state index in [-0.39, 0.29) is 24.4 Å². The maximum absolute atomic E-state index is 12.4. The molecule has 0 unspecified atom stereocenters. The molecule has 0 saturated heterocycles. The van der Waals surface area contributed by atoms with Crippen LogP contribution in [0, 0.1) is 5.92 Å². The van der Waals surface area contributed by atoms with Crippen LogP contribution in [0.15, 0.2) is 18.2 Å². The van der Waals surface area contributed by atoms with Crippen LogP contribution in [-0.4, -0.2) is 50.0 Å². The number of carbonyl (C=O) groups excluding carboxylic acids is 2. The number of nitrogens with zero attached hydrogens (tertiary/aromatic N) is 1. The smallest absolute Gasteiger partial charge is 0.238 e. The van der Waals surface area contributed by atoms with Gasteiger partial charge in [-0.15, -0.1) is 0 Å². The predicted molar refractivity (Wildman–Crippen MR) is 108 cm³/mol. The Hall–Kier alpha value is -1.79. The van der Waals surface area contributed by atoms with E-state index in [1.807, 2.05) is 6.92 Å². The molecule has 150 valence electrons. The molecule has 2 N–H and O–H groups in total. The van der Waals surface area contributed by atoms with Crippen molar-refractivity contribution < 1.29 is 14.3 Å². The predicted octanol–water partition coefficient (Wildman–Crippen LogP) is 3.30. The summed E-state index contributed by atoms with van der Waals surface area (Å²) in [5.41, 5.74) is 0.512. The molecule has 7 heteroatoms. The molecule has 0 bridgehead atoms. The number of methoxy groups -OCH3 is 1. The molecule has 1 aromatic carbocycles. The molecule has 27 heavy (non-hydrogen) atoms. The first-order valence-corrected chi connectivity index (χ1v) is 9.90. The number of ether oxygens (including phenoxy) is 1. The van der Waals surface area contributed by atoms with Crippen molar-refractivity contribution in [2.75, 3.05) is 32.6 Å². The van der Waals surface area contributed by atoms with Gasteiger partial charge in [0, 0.05) is 11.6 Å². The molecule has 0 radical (unpaired) electrons. The summed E-state index contributed by atoms with van der Waals surface area (Å²) < 4.78 is 5.23. The molecule has 2 rings (SSSR count). The molecular formula is C20H30ClN3O3. The number of amides is 2. The molecule has 0 aromatic heterocycles. The number of likely N-dealkylation sites (N-methyl/N-ethyl adjacent to an activating group) is 1. The number of hydrogen-bond acceptors (Lipinski definition) is 4. The average Bonchev–Trinajstić information content (AvgIpc) is 2.66. The number of anilines is 1. The van der Waals surface area contributed by atoms with Crippen LogP contribution in [-0.2, 0) is 9.59 Å². The lowest BCUT2D eigenvalue weighted by molar-refractivity contribution is -0.126. The highest BCUT2D eigenvalue weighted by atomic mass is 35.5. The van der Waals surface area contributed by atoms with Gasteiger partial charge in [0.15, 0.2) is 0 Å². The van der Waals surface area contributed by atoms with Gasteiger partial charge in [-0.25, -0.2) is 0 Å². The van der Waals surface area contributed by atoms with Crippen molar-refractivity contribution in [1.29, 1.82) is 0 Å². The minimum absolute atomic E-state index is 0.0452. The summed E-state index contributed by atoms with van der Waals surface area (Å²) in [4.78, 5) is 26.5. The quantitative estimate of drug-likeness (QED) is 0.708. The van der Waals surface area contributed by atoms with E-state index in [1.165, 1.54) is 39.2 Å². The van der Waals surface area contributed by atoms with Crippen molar-refractivity contribution in [2.45, 2.75) is 45.1 Å². The molecule has 1 atom stereocenters. The monoisotopic (exact) mass is 395 g/mol. The van der Waals surface area contributed by atoms with Crippen LogP contribution in [0.3, 0.4) is 0 Å². The SMILES string of the molecule is COc1ccc(Cl)cc1NC(=O)CN(C)[C@@H](C)C(=O)NCC1CCCCC1. The Labute approximate surface area is 166 Å². The van der Waals surface area contributed by atoms with Crippen LogP contribution in [0.2, 0.25) is 5.02 Å². The van der Waals surface area contributed by atoms with E-state index in [2.05, 4.69) is 10.6 Å². The van der Waals surface area contributed by atoms with Crippen molar-refractivity contribution >= 4 is 29.1 Å². The minimum Gasteiger partial charge on any atom is -0.495 e. The van der Waals surface area contributed by atoms with Gasteiger partial charge < -0.3 is 15.4 Å². The number of benzene rings is 1. The van der Waals surface area contributed by atoms with Crippen LogP contribution in [0.4, 0.5) is 5.69 Å². The Morgan fingerprint density at radius 3 is 2.67 bits per heavy atom. The Morgan fingerprint density at radius 2 is 2.00 bits per heavy atom. The van der Waals surface area contributed by atoms with Gasteiger partial charge in [-0.1, -0.05) is 30.9 Å². The highest BCUT2D eigenvalue weighted by Gasteiger charge is 2.22. The molecular weight excluding hydrogens is 366 g/mol. The summed E-state index contributed by atoms with van der Waals surface area (Å²) in [6.45, 7) is 2.63. The third-order valence-electron chi connectivity index (χ3n) is 5.16. The van der Waals surface area contributed by atoms with E-state index in [1.54, 1.807) is 30.1 Å². The Bertz CT molecular complexity index is 647. The van der Waals surface area contributed by atoms with Crippen molar-refractivity contribution in [3.8, 4) is 5.75 Å². The van der Waals surface area contributed by atoms with Gasteiger partial charge in [-0.2, -0.15) is 0 Å². The minimum atomic E-state index is -0.388. The second kappa shape index (κ2) is 10.5. The molecule has 6 nitrogen and oxygen atoms in total. The van der Waals surface area contributed by atoms with E-state index in [4.69, 9.17) is 16.3 Å². The van der Waals surface area contributed by atoms with E-state index >= 15 is 0 Å². The van der Waals surface area contributed by atoms with E-state index in [9.17, 15) is 9.59 Å². The van der Waals surface area contributed by atoms with Gasteiger partial charge in [0.25, 0.3) is 0 Å². The summed E-state index contributed by atoms with van der Waals surface area (Å²) in [5.74, 6) is 0.841. The van der Waals surface area contributed by atoms with E-state index < -0.39 is 0 Å². The molecule has 1 aliphatic rings. The first-order chi connectivity index (χ1) is 12.9. The summed E-state index contributed by atoms with van der Waals surface area (Å²) in [6.07, 6.45) is 6.19. The molecule has 1 fully saturated rings. The molecule has 0 aliphatic heterocycles. The lowest BCUT2D eigenvalue weighted by Gasteiger charge is -2.26. The number of rotatable bonds is 8. The van der Waals surface area contributed by atoms with Crippen molar-refractivity contribution in [3.63, 3.8) is 0 Å². The van der Waals surface area contributed by atoms with Gasteiger partial charge >= 0.3 is 0 Å². The zero-order valence-electron chi connectivity index (χ0n) is 16.4. The molecule has 0 heterocycles. The van der Waals surface area contributed by atoms with Gasteiger partial charge in [-0.3, -0.25) is 14.5 Å². The summed E-state index contributed by atoms with van der Waals surface area (Å²) in [6, 6.07) is 4.64. The fourth-order valence-electron chi connectivity index (χ4n) is 3.32. The molecule has 0 spiro atoms. The fourth-order valence-corrected chi connectivity index (χ4v) is 3.49. The lowest BCUT2D eigenvalue weighted by atomic mass is 9.89. The second-order valence-electron chi connectivity index (χ2n) is 7.23. The third-order valence-corrected chi connectivity index (χ3v) is 5.39. The molecule has 1 aromatic rings. The van der Waals surface area contributed by atoms with E-state index in [0.29, 0.717) is 22.4 Å². The van der Waals surface area contributed by atoms with Crippen molar-refractivity contribution in [3.05, 3.63) is 23.2 Å². The Kier molecular flexibility index (Phi) is 8.38. The number of nitrogens with one attached hydrogen (secondary N) is 2. The average molecular weight is 396 g/mol. The molecule has 1 saturated carbocycles. The molecule has 1 aliphatic carbocycles. The maximum Gasteiger partial charge on any atom is 0.238 e. The highest BCUT2D eigenvalue weighted by Crippen LogP contribution is 2.27. The van der Waals surface area contributed by atoms with Crippen LogP contribution in [0.5, 0.6) is 5.75 Å². The first kappa shape index (κ1) is 21.5. The van der Waals surface area contributed by atoms with Gasteiger partial charge in [-0.05, 0) is 50.9 Å². The van der Waals surface area contributed by atoms with Crippen LogP contribution in [0.25, 0.3) is 0 Å². The van der Waals surface area contributed by atoms with E-state index in [0.717, 1.165) is 6.54 Å². The normalized spacial score (nSPS) is 16.0. The summed E-state index contributed by atoms with van der Waals surface area (Å²) in [7, 11) is 3.30. The maximum atomic E-state index is 12.4. The van der Waals surface area contributed by atoms with Crippen LogP contribution < -0.4 is 15.4 Å². The Morgan fingerprint density at radius 1 is 1.30 bits per heavy atom. The van der Waals surface area contributed by atoms with Gasteiger partial charge in [0.1, 0.15) is 5.75 Å². The van der Waals surface area contributed by atoms with Crippen LogP contribution in [0.1, 0.15) is 39.0 Å². The highest BCUT2D eigenvalue weighted by molar-refractivity contribution is 6.31. The molecule has 2 amide bonds. The van der Waals surface area contributed by atoms with Crippen LogP contribution >= 0.6 is 11.6 Å². The topological polar surface area (TPSA) is 70.7 Å². The lowest BCUT2D eigenvalue weighted by Crippen LogP contribution is -2.47. The van der Waals surface area contributed by atoms with Crippen molar-refractivity contribution in [1.82, 2.24) is 10.2 Å².